The molecule has 18 heavy (non-hydrogen) atoms. The molecule has 0 aliphatic carbocycles. The molecule has 1 unspecified atom stereocenters. The van der Waals surface area contributed by atoms with E-state index in [1.54, 1.807) is 0 Å². The van der Waals surface area contributed by atoms with Crippen molar-refractivity contribution in [2.75, 3.05) is 0 Å². The van der Waals surface area contributed by atoms with E-state index in [0.29, 0.717) is 11.7 Å². The van der Waals surface area contributed by atoms with Gasteiger partial charge in [0.05, 0.1) is 0 Å². The van der Waals surface area contributed by atoms with Gasteiger partial charge in [-0.25, -0.2) is 0 Å². The number of benzene rings is 2. The van der Waals surface area contributed by atoms with Crippen molar-refractivity contribution in [3.8, 4) is 16.9 Å². The normalized spacial score (nSPS) is 12.3. The average molecular weight is 240 g/mol. The Kier molecular flexibility index (Phi) is 4.03. The van der Waals surface area contributed by atoms with Crippen LogP contribution < -0.4 is 0 Å². The number of aromatic hydroxyl groups is 1. The van der Waals surface area contributed by atoms with E-state index < -0.39 is 0 Å². The average Bonchev–Trinajstić information content (AvgIpc) is 2.42. The lowest BCUT2D eigenvalue weighted by molar-refractivity contribution is 0.457. The van der Waals surface area contributed by atoms with E-state index in [4.69, 9.17) is 0 Å². The Morgan fingerprint density at radius 2 is 1.72 bits per heavy atom. The van der Waals surface area contributed by atoms with E-state index in [9.17, 15) is 5.11 Å². The summed E-state index contributed by atoms with van der Waals surface area (Å²) in [7, 11) is 0. The van der Waals surface area contributed by atoms with E-state index in [0.717, 1.165) is 29.5 Å². The number of hydrogen-bond acceptors (Lipinski definition) is 1. The van der Waals surface area contributed by atoms with Crippen LogP contribution in [0.25, 0.3) is 11.1 Å². The topological polar surface area (TPSA) is 20.2 Å². The zero-order valence-electron chi connectivity index (χ0n) is 11.1. The number of phenols is 1. The predicted molar refractivity (Wildman–Crippen MR) is 76.7 cm³/mol. The first kappa shape index (κ1) is 12.7. The minimum Gasteiger partial charge on any atom is -0.508 e. The lowest BCUT2D eigenvalue weighted by atomic mass is 9.96. The molecule has 0 aliphatic heterocycles. The molecule has 0 saturated carbocycles. The number of phenolic OH excluding ortho intramolecular Hbond substituents is 1. The largest absolute Gasteiger partial charge is 0.508 e. The molecule has 1 N–H and O–H groups in total. The monoisotopic (exact) mass is 240 g/mol. The van der Waals surface area contributed by atoms with Crippen molar-refractivity contribution >= 4 is 0 Å². The van der Waals surface area contributed by atoms with Gasteiger partial charge in [-0.3, -0.25) is 0 Å². The van der Waals surface area contributed by atoms with Crippen molar-refractivity contribution in [1.29, 1.82) is 0 Å². The van der Waals surface area contributed by atoms with Crippen molar-refractivity contribution in [1.82, 2.24) is 0 Å². The molecule has 0 spiro atoms. The summed E-state index contributed by atoms with van der Waals surface area (Å²) < 4.78 is 0. The van der Waals surface area contributed by atoms with E-state index >= 15 is 0 Å². The third-order valence-corrected chi connectivity index (χ3v) is 3.46. The van der Waals surface area contributed by atoms with Gasteiger partial charge in [0.2, 0.25) is 0 Å². The van der Waals surface area contributed by atoms with E-state index in [1.165, 1.54) is 0 Å². The van der Waals surface area contributed by atoms with Crippen molar-refractivity contribution in [3.05, 3.63) is 54.1 Å². The summed E-state index contributed by atoms with van der Waals surface area (Å²) in [6, 6.07) is 16.1. The molecule has 0 aromatic heterocycles. The maximum absolute atomic E-state index is 10.1. The fourth-order valence-electron chi connectivity index (χ4n) is 2.07. The predicted octanol–water partition coefficient (Wildman–Crippen LogP) is 4.65. The van der Waals surface area contributed by atoms with Gasteiger partial charge in [0, 0.05) is 0 Å². The fourth-order valence-corrected chi connectivity index (χ4v) is 2.07. The minimum atomic E-state index is 0.414. The number of hydrogen-bond donors (Lipinski definition) is 1. The van der Waals surface area contributed by atoms with Gasteiger partial charge in [0.15, 0.2) is 0 Å². The Morgan fingerprint density at radius 1 is 1.00 bits per heavy atom. The second kappa shape index (κ2) is 5.72. The lowest BCUT2D eigenvalue weighted by Gasteiger charge is -2.11. The minimum absolute atomic E-state index is 0.414. The Bertz CT molecular complexity index is 502. The van der Waals surface area contributed by atoms with Crippen LogP contribution in [0, 0.1) is 5.92 Å². The standard InChI is InChI=1S/C17H20O/c1-3-13(2)11-16-10-9-15(12-17(16)18)14-7-5-4-6-8-14/h4-10,12-13,18H,3,11H2,1-2H3. The molecular weight excluding hydrogens is 220 g/mol. The molecule has 0 radical (unpaired) electrons. The molecule has 0 amide bonds. The molecule has 2 aromatic rings. The summed E-state index contributed by atoms with van der Waals surface area (Å²) in [6.07, 6.45) is 2.08. The summed E-state index contributed by atoms with van der Waals surface area (Å²) >= 11 is 0. The molecule has 0 aliphatic rings. The zero-order chi connectivity index (χ0) is 13.0. The first-order valence-corrected chi connectivity index (χ1v) is 6.58. The third-order valence-electron chi connectivity index (χ3n) is 3.46. The Morgan fingerprint density at radius 3 is 2.33 bits per heavy atom. The summed E-state index contributed by atoms with van der Waals surface area (Å²) in [6.45, 7) is 4.39. The molecule has 0 heterocycles. The van der Waals surface area contributed by atoms with Gasteiger partial charge in [-0.1, -0.05) is 62.7 Å². The summed E-state index contributed by atoms with van der Waals surface area (Å²) in [5, 5.41) is 10.1. The van der Waals surface area contributed by atoms with Gasteiger partial charge in [-0.2, -0.15) is 0 Å². The van der Waals surface area contributed by atoms with Gasteiger partial charge >= 0.3 is 0 Å². The maximum atomic E-state index is 10.1. The third kappa shape index (κ3) is 2.92. The highest BCUT2D eigenvalue weighted by Crippen LogP contribution is 2.28. The molecule has 0 fully saturated rings. The van der Waals surface area contributed by atoms with Crippen LogP contribution in [0.3, 0.4) is 0 Å². The van der Waals surface area contributed by atoms with Gasteiger partial charge in [0.25, 0.3) is 0 Å². The Balaban J connectivity index is 2.25. The molecule has 0 bridgehead atoms. The zero-order valence-corrected chi connectivity index (χ0v) is 11.1. The molecule has 2 rings (SSSR count). The summed E-state index contributed by atoms with van der Waals surface area (Å²) in [4.78, 5) is 0. The van der Waals surface area contributed by atoms with E-state index in [1.807, 2.05) is 30.3 Å². The molecule has 0 saturated heterocycles. The van der Waals surface area contributed by atoms with Crippen LogP contribution in [0.5, 0.6) is 5.75 Å². The van der Waals surface area contributed by atoms with E-state index in [2.05, 4.69) is 32.0 Å². The van der Waals surface area contributed by atoms with Crippen LogP contribution in [0.2, 0.25) is 0 Å². The van der Waals surface area contributed by atoms with Crippen molar-refractivity contribution in [2.45, 2.75) is 26.7 Å². The highest BCUT2D eigenvalue weighted by molar-refractivity contribution is 5.65. The second-order valence-electron chi connectivity index (χ2n) is 4.93. The molecule has 2 aromatic carbocycles. The van der Waals surface area contributed by atoms with Crippen LogP contribution >= 0.6 is 0 Å². The van der Waals surface area contributed by atoms with E-state index in [-0.39, 0.29) is 0 Å². The first-order valence-electron chi connectivity index (χ1n) is 6.58. The molecule has 1 atom stereocenters. The van der Waals surface area contributed by atoms with Gasteiger partial charge in [-0.15, -0.1) is 0 Å². The molecule has 1 heteroatoms. The van der Waals surface area contributed by atoms with Gasteiger partial charge in [0.1, 0.15) is 5.75 Å². The van der Waals surface area contributed by atoms with Crippen LogP contribution in [0.15, 0.2) is 48.5 Å². The van der Waals surface area contributed by atoms with Crippen LogP contribution in [0.4, 0.5) is 0 Å². The number of rotatable bonds is 4. The van der Waals surface area contributed by atoms with Crippen molar-refractivity contribution in [3.63, 3.8) is 0 Å². The fraction of sp³-hybridized carbons (Fsp3) is 0.294. The summed E-state index contributed by atoms with van der Waals surface area (Å²) in [5.41, 5.74) is 3.26. The second-order valence-corrected chi connectivity index (χ2v) is 4.93. The van der Waals surface area contributed by atoms with Crippen LogP contribution in [-0.2, 0) is 6.42 Å². The molecular formula is C17H20O. The highest BCUT2D eigenvalue weighted by atomic mass is 16.3. The lowest BCUT2D eigenvalue weighted by Crippen LogP contribution is -1.98. The van der Waals surface area contributed by atoms with Gasteiger partial charge in [-0.05, 0) is 35.1 Å². The van der Waals surface area contributed by atoms with Crippen LogP contribution in [0.1, 0.15) is 25.8 Å². The highest BCUT2D eigenvalue weighted by Gasteiger charge is 2.07. The quantitative estimate of drug-likeness (QED) is 0.825. The Labute approximate surface area is 109 Å². The smallest absolute Gasteiger partial charge is 0.119 e. The molecule has 1 nitrogen and oxygen atoms in total. The Hall–Kier alpha value is -1.76. The summed E-state index contributed by atoms with van der Waals surface area (Å²) in [5.74, 6) is 1.02. The maximum Gasteiger partial charge on any atom is 0.119 e. The van der Waals surface area contributed by atoms with Gasteiger partial charge < -0.3 is 5.11 Å². The van der Waals surface area contributed by atoms with Crippen molar-refractivity contribution in [2.24, 2.45) is 5.92 Å². The SMILES string of the molecule is CCC(C)Cc1ccc(-c2ccccc2)cc1O. The first-order chi connectivity index (χ1) is 8.70. The molecule has 94 valence electrons. The van der Waals surface area contributed by atoms with Crippen LogP contribution in [-0.4, -0.2) is 5.11 Å². The van der Waals surface area contributed by atoms with Crippen molar-refractivity contribution < 1.29 is 5.11 Å².